The van der Waals surface area contributed by atoms with Gasteiger partial charge < -0.3 is 13.7 Å². The van der Waals surface area contributed by atoms with E-state index >= 15 is 0 Å². The molecule has 70 heavy (non-hydrogen) atoms. The summed E-state index contributed by atoms with van der Waals surface area (Å²) in [5.41, 5.74) is 20.6. The molecule has 0 spiro atoms. The number of nitrogens with zero attached hydrogens (tertiary/aromatic N) is 1. The molecular weight excluding hydrogens is 851 g/mol. The van der Waals surface area contributed by atoms with E-state index in [0.29, 0.717) is 0 Å². The number of benzene rings is 11. The van der Waals surface area contributed by atoms with Gasteiger partial charge in [-0.25, -0.2) is 0 Å². The highest BCUT2D eigenvalue weighted by molar-refractivity contribution is 6.15. The van der Waals surface area contributed by atoms with E-state index in [9.17, 15) is 0 Å². The summed E-state index contributed by atoms with van der Waals surface area (Å²) in [6.45, 7) is 0. The van der Waals surface area contributed by atoms with Crippen molar-refractivity contribution in [3.05, 3.63) is 283 Å². The third-order valence-corrected chi connectivity index (χ3v) is 14.6. The molecule has 2 heterocycles. The maximum Gasteiger partial charge on any atom is 0.136 e. The Morgan fingerprint density at radius 3 is 1.36 bits per heavy atom. The first-order chi connectivity index (χ1) is 34.7. The maximum atomic E-state index is 6.66. The van der Waals surface area contributed by atoms with Crippen molar-refractivity contribution in [3.8, 4) is 44.5 Å². The van der Waals surface area contributed by atoms with E-state index in [2.05, 4.69) is 266 Å². The van der Waals surface area contributed by atoms with Crippen molar-refractivity contribution in [2.75, 3.05) is 4.90 Å². The molecule has 0 saturated heterocycles. The fourth-order valence-corrected chi connectivity index (χ4v) is 11.5. The molecule has 2 aromatic heterocycles. The van der Waals surface area contributed by atoms with Crippen LogP contribution in [0.4, 0.5) is 17.1 Å². The zero-order valence-electron chi connectivity index (χ0n) is 38.1. The Balaban J connectivity index is 0.894. The molecule has 0 atom stereocenters. The second-order valence-corrected chi connectivity index (χ2v) is 18.3. The Bertz CT molecular complexity index is 4070. The number of anilines is 3. The summed E-state index contributed by atoms with van der Waals surface area (Å²) >= 11 is 0. The third-order valence-electron chi connectivity index (χ3n) is 14.6. The topological polar surface area (TPSA) is 29.5 Å². The van der Waals surface area contributed by atoms with Gasteiger partial charge in [-0.05, 0) is 133 Å². The molecule has 1 aliphatic carbocycles. The Morgan fingerprint density at radius 1 is 0.271 bits per heavy atom. The molecule has 3 heteroatoms. The van der Waals surface area contributed by atoms with Crippen LogP contribution in [0.25, 0.3) is 88.4 Å². The average molecular weight is 894 g/mol. The van der Waals surface area contributed by atoms with Crippen LogP contribution >= 0.6 is 0 Å². The van der Waals surface area contributed by atoms with Crippen LogP contribution in [0.15, 0.2) is 270 Å². The highest BCUT2D eigenvalue weighted by atomic mass is 16.3. The summed E-state index contributed by atoms with van der Waals surface area (Å²) in [4.78, 5) is 2.38. The van der Waals surface area contributed by atoms with Crippen molar-refractivity contribution in [2.45, 2.75) is 5.41 Å². The molecule has 0 saturated carbocycles. The van der Waals surface area contributed by atoms with E-state index < -0.39 is 5.41 Å². The fourth-order valence-electron chi connectivity index (χ4n) is 11.5. The Hall–Kier alpha value is -9.18. The molecule has 13 aromatic rings. The SMILES string of the molecule is c1ccc(-c2ccc3oc4cccc(-c5ccc(-c6cccc7oc8ccc(N(c9ccccc9)c9cccc(C%10(c%11ccccc%11)c%11ccccc%11-c%11ccccc%11%10)c9)cc8c67)cc5)c4c3c2)cc1. The van der Waals surface area contributed by atoms with Gasteiger partial charge in [0, 0.05) is 38.6 Å². The van der Waals surface area contributed by atoms with E-state index in [4.69, 9.17) is 8.83 Å². The van der Waals surface area contributed by atoms with Crippen LogP contribution in [0.5, 0.6) is 0 Å². The van der Waals surface area contributed by atoms with Gasteiger partial charge in [0.25, 0.3) is 0 Å². The molecule has 0 radical (unpaired) electrons. The van der Waals surface area contributed by atoms with Crippen molar-refractivity contribution in [3.63, 3.8) is 0 Å². The van der Waals surface area contributed by atoms with Crippen molar-refractivity contribution in [1.29, 1.82) is 0 Å². The number of para-hydroxylation sites is 1. The van der Waals surface area contributed by atoms with Gasteiger partial charge in [0.2, 0.25) is 0 Å². The van der Waals surface area contributed by atoms with Gasteiger partial charge in [0.1, 0.15) is 22.3 Å². The minimum Gasteiger partial charge on any atom is -0.456 e. The first-order valence-corrected chi connectivity index (χ1v) is 24.0. The van der Waals surface area contributed by atoms with Crippen LogP contribution in [-0.2, 0) is 5.41 Å². The summed E-state index contributed by atoms with van der Waals surface area (Å²) in [5.74, 6) is 0. The summed E-state index contributed by atoms with van der Waals surface area (Å²) in [6, 6.07) is 94.1. The van der Waals surface area contributed by atoms with E-state index in [1.807, 2.05) is 0 Å². The van der Waals surface area contributed by atoms with Crippen molar-refractivity contribution < 1.29 is 8.83 Å². The van der Waals surface area contributed by atoms with E-state index in [-0.39, 0.29) is 0 Å². The van der Waals surface area contributed by atoms with Crippen LogP contribution in [0.3, 0.4) is 0 Å². The predicted octanol–water partition coefficient (Wildman–Crippen LogP) is 18.3. The first kappa shape index (κ1) is 39.9. The summed E-state index contributed by atoms with van der Waals surface area (Å²) in [7, 11) is 0. The average Bonchev–Trinajstić information content (AvgIpc) is 4.10. The molecule has 0 aliphatic heterocycles. The first-order valence-electron chi connectivity index (χ1n) is 24.0. The summed E-state index contributed by atoms with van der Waals surface area (Å²) in [5, 5.41) is 4.39. The molecule has 0 fully saturated rings. The Kier molecular flexibility index (Phi) is 9.11. The molecule has 3 nitrogen and oxygen atoms in total. The van der Waals surface area contributed by atoms with Gasteiger partial charge >= 0.3 is 0 Å². The molecule has 0 amide bonds. The standard InChI is InChI=1S/C67H43NO2/c1-4-17-44(18-5-1)47-37-39-61-57(41-47)65-53(27-15-31-63(65)69-61)45-33-35-46(36-34-45)54-28-16-32-64-66(54)58-43-52(38-40-62(58)70-64)68(50-22-8-3-9-23-50)51-24-14-21-49(42-51)67(48-19-6-2-7-20-48)59-29-12-10-25-55(59)56-26-11-13-30-60(56)67/h1-43H. The molecule has 328 valence electrons. The van der Waals surface area contributed by atoms with Crippen LogP contribution in [0, 0.1) is 0 Å². The molecule has 0 bridgehead atoms. The number of hydrogen-bond donors (Lipinski definition) is 0. The minimum atomic E-state index is -0.521. The van der Waals surface area contributed by atoms with E-state index in [0.717, 1.165) is 83.2 Å². The summed E-state index contributed by atoms with van der Waals surface area (Å²) < 4.78 is 13.1. The fraction of sp³-hybridized carbons (Fsp3) is 0.0149. The third kappa shape index (κ3) is 6.15. The Labute approximate surface area is 405 Å². The van der Waals surface area contributed by atoms with E-state index in [1.54, 1.807) is 0 Å². The van der Waals surface area contributed by atoms with Gasteiger partial charge in [-0.2, -0.15) is 0 Å². The number of rotatable bonds is 8. The largest absolute Gasteiger partial charge is 0.456 e. The van der Waals surface area contributed by atoms with Crippen molar-refractivity contribution in [1.82, 2.24) is 0 Å². The van der Waals surface area contributed by atoms with Gasteiger partial charge in [0.15, 0.2) is 0 Å². The van der Waals surface area contributed by atoms with Crippen LogP contribution in [-0.4, -0.2) is 0 Å². The predicted molar refractivity (Wildman–Crippen MR) is 289 cm³/mol. The van der Waals surface area contributed by atoms with Crippen LogP contribution in [0.2, 0.25) is 0 Å². The van der Waals surface area contributed by atoms with Crippen molar-refractivity contribution in [2.24, 2.45) is 0 Å². The van der Waals surface area contributed by atoms with Gasteiger partial charge in [0.05, 0.1) is 5.41 Å². The molecule has 11 aromatic carbocycles. The van der Waals surface area contributed by atoms with E-state index in [1.165, 1.54) is 44.5 Å². The zero-order chi connectivity index (χ0) is 46.2. The minimum absolute atomic E-state index is 0.521. The van der Waals surface area contributed by atoms with Crippen LogP contribution in [0.1, 0.15) is 22.3 Å². The van der Waals surface area contributed by atoms with Gasteiger partial charge in [-0.15, -0.1) is 0 Å². The number of fused-ring (bicyclic) bond motifs is 9. The summed E-state index contributed by atoms with van der Waals surface area (Å²) in [6.07, 6.45) is 0. The molecule has 14 rings (SSSR count). The lowest BCUT2D eigenvalue weighted by molar-refractivity contribution is 0.668. The lowest BCUT2D eigenvalue weighted by Gasteiger charge is -2.35. The molecular formula is C67H43NO2. The van der Waals surface area contributed by atoms with Crippen LogP contribution < -0.4 is 4.90 Å². The molecule has 0 unspecified atom stereocenters. The highest BCUT2D eigenvalue weighted by Gasteiger charge is 2.46. The Morgan fingerprint density at radius 2 is 0.729 bits per heavy atom. The smallest absolute Gasteiger partial charge is 0.136 e. The maximum absolute atomic E-state index is 6.66. The molecule has 0 N–H and O–H groups in total. The van der Waals surface area contributed by atoms with Gasteiger partial charge in [-0.3, -0.25) is 0 Å². The monoisotopic (exact) mass is 893 g/mol. The number of hydrogen-bond acceptors (Lipinski definition) is 3. The quantitative estimate of drug-likeness (QED) is 0.152. The second kappa shape index (κ2) is 16.0. The number of furan rings is 2. The lowest BCUT2D eigenvalue weighted by atomic mass is 9.67. The van der Waals surface area contributed by atoms with Crippen molar-refractivity contribution >= 4 is 60.9 Å². The second-order valence-electron chi connectivity index (χ2n) is 18.3. The molecule has 1 aliphatic rings. The van der Waals surface area contributed by atoms with Gasteiger partial charge in [-0.1, -0.05) is 194 Å². The zero-order valence-corrected chi connectivity index (χ0v) is 38.1. The highest BCUT2D eigenvalue weighted by Crippen LogP contribution is 2.57. The normalized spacial score (nSPS) is 12.7. The lowest BCUT2D eigenvalue weighted by Crippen LogP contribution is -2.28.